The number of aliphatic hydroxyl groups is 1. The summed E-state index contributed by atoms with van der Waals surface area (Å²) in [4.78, 5) is 23.2. The van der Waals surface area contributed by atoms with Crippen LogP contribution in [0.1, 0.15) is 232 Å². The molecule has 3 atom stereocenters. The van der Waals surface area contributed by atoms with Gasteiger partial charge in [0.05, 0.1) is 39.9 Å². The molecule has 56 heavy (non-hydrogen) atoms. The molecule has 0 aromatic carbocycles. The zero-order valence-corrected chi connectivity index (χ0v) is 38.8. The Morgan fingerprint density at radius 1 is 0.589 bits per heavy atom. The number of carbonyl (C=O) groups excluding carboxylic acids is 1. The third kappa shape index (κ3) is 41.4. The van der Waals surface area contributed by atoms with Crippen LogP contribution in [0.2, 0.25) is 0 Å². The number of hydrogen-bond donors (Lipinski definition) is 3. The first-order valence-electron chi connectivity index (χ1n) is 24.1. The van der Waals surface area contributed by atoms with Gasteiger partial charge in [-0.1, -0.05) is 219 Å². The number of nitrogens with one attached hydrogen (secondary N) is 1. The summed E-state index contributed by atoms with van der Waals surface area (Å²) in [5.41, 5.74) is 0. The molecule has 0 aliphatic carbocycles. The van der Waals surface area contributed by atoms with Crippen LogP contribution in [0.5, 0.6) is 0 Å². The van der Waals surface area contributed by atoms with Gasteiger partial charge in [-0.2, -0.15) is 0 Å². The fraction of sp³-hybridized carbons (Fsp3) is 0.936. The Morgan fingerprint density at radius 2 is 0.946 bits per heavy atom. The van der Waals surface area contributed by atoms with Crippen LogP contribution in [0.3, 0.4) is 0 Å². The molecule has 3 unspecified atom stereocenters. The third-order valence-electron chi connectivity index (χ3n) is 11.0. The van der Waals surface area contributed by atoms with E-state index in [1.54, 1.807) is 6.08 Å². The molecule has 0 aromatic rings. The van der Waals surface area contributed by atoms with E-state index in [0.29, 0.717) is 17.4 Å². The summed E-state index contributed by atoms with van der Waals surface area (Å²) >= 11 is 0. The molecule has 0 bridgehead atoms. The molecule has 0 saturated heterocycles. The molecule has 9 heteroatoms. The largest absolute Gasteiger partial charge is 0.472 e. The van der Waals surface area contributed by atoms with Crippen molar-refractivity contribution in [2.75, 3.05) is 40.9 Å². The first-order chi connectivity index (χ1) is 27.0. The van der Waals surface area contributed by atoms with Crippen LogP contribution in [0.25, 0.3) is 0 Å². The Labute approximate surface area is 348 Å². The molecule has 0 radical (unpaired) electrons. The van der Waals surface area contributed by atoms with Crippen molar-refractivity contribution in [1.82, 2.24) is 5.32 Å². The number of nitrogens with zero attached hydrogens (tertiary/aromatic N) is 1. The van der Waals surface area contributed by atoms with Gasteiger partial charge >= 0.3 is 7.82 Å². The molecule has 0 aliphatic heterocycles. The van der Waals surface area contributed by atoms with Gasteiger partial charge in [0.1, 0.15) is 13.2 Å². The lowest BCUT2D eigenvalue weighted by atomic mass is 10.0. The minimum absolute atomic E-state index is 0.0647. The number of quaternary nitrogens is 1. The molecular weight excluding hydrogens is 719 g/mol. The number of hydrogen-bond acceptors (Lipinski definition) is 5. The molecule has 0 fully saturated rings. The third-order valence-corrected chi connectivity index (χ3v) is 12.0. The predicted octanol–water partition coefficient (Wildman–Crippen LogP) is 13.5. The smallest absolute Gasteiger partial charge is 0.387 e. The average molecular weight is 816 g/mol. The lowest BCUT2D eigenvalue weighted by molar-refractivity contribution is -0.870. The Kier molecular flexibility index (Phi) is 39.1. The summed E-state index contributed by atoms with van der Waals surface area (Å²) in [7, 11) is 1.58. The number of aliphatic hydroxyl groups excluding tert-OH is 1. The number of phosphoric acid groups is 1. The summed E-state index contributed by atoms with van der Waals surface area (Å²) in [6.45, 7) is 4.84. The van der Waals surface area contributed by atoms with Gasteiger partial charge in [-0.15, -0.1) is 0 Å². The van der Waals surface area contributed by atoms with Crippen LogP contribution >= 0.6 is 7.82 Å². The van der Waals surface area contributed by atoms with E-state index in [0.717, 1.165) is 38.5 Å². The van der Waals surface area contributed by atoms with Crippen molar-refractivity contribution in [2.24, 2.45) is 0 Å². The Balaban J connectivity index is 4.29. The van der Waals surface area contributed by atoms with E-state index >= 15 is 0 Å². The van der Waals surface area contributed by atoms with Gasteiger partial charge in [0.25, 0.3) is 0 Å². The van der Waals surface area contributed by atoms with E-state index in [4.69, 9.17) is 9.05 Å². The van der Waals surface area contributed by atoms with Crippen LogP contribution in [0, 0.1) is 0 Å². The molecular formula is C47H96N2O6P+. The van der Waals surface area contributed by atoms with E-state index in [1.165, 1.54) is 173 Å². The van der Waals surface area contributed by atoms with Crippen molar-refractivity contribution in [1.29, 1.82) is 0 Å². The molecule has 8 nitrogen and oxygen atoms in total. The second kappa shape index (κ2) is 39.7. The maximum Gasteiger partial charge on any atom is 0.472 e. The Bertz CT molecular complexity index is 927. The molecule has 0 rings (SSSR count). The highest BCUT2D eigenvalue weighted by molar-refractivity contribution is 7.47. The summed E-state index contributed by atoms with van der Waals surface area (Å²) in [6.07, 6.45) is 45.6. The standard InChI is InChI=1S/C47H95N2O6P/c1-6-8-10-12-14-16-18-20-22-23-24-25-26-27-29-31-33-35-37-39-41-47(51)48-45(44-55-56(52,53)54-43-42-49(3,4)5)46(50)40-38-36-34-32-30-28-21-19-17-15-13-11-9-7-2/h38,40,45-46,50H,6-37,39,41-44H2,1-5H3,(H-,48,51,52,53)/p+1/b40-38+. The molecule has 0 aromatic heterocycles. The van der Waals surface area contributed by atoms with Gasteiger partial charge in [-0.25, -0.2) is 4.57 Å². The number of likely N-dealkylation sites (N-methyl/N-ethyl adjacent to an activating group) is 1. The molecule has 0 saturated carbocycles. The van der Waals surface area contributed by atoms with Crippen molar-refractivity contribution in [2.45, 2.75) is 244 Å². The molecule has 0 spiro atoms. The quantitative estimate of drug-likeness (QED) is 0.0245. The van der Waals surface area contributed by atoms with E-state index in [2.05, 4.69) is 19.2 Å². The second-order valence-electron chi connectivity index (χ2n) is 17.8. The van der Waals surface area contributed by atoms with Crippen molar-refractivity contribution in [3.63, 3.8) is 0 Å². The monoisotopic (exact) mass is 816 g/mol. The number of carbonyl (C=O) groups is 1. The van der Waals surface area contributed by atoms with Crippen LogP contribution in [0.4, 0.5) is 0 Å². The van der Waals surface area contributed by atoms with E-state index in [1.807, 2.05) is 27.2 Å². The molecule has 0 aliphatic rings. The minimum Gasteiger partial charge on any atom is -0.387 e. The van der Waals surface area contributed by atoms with Crippen molar-refractivity contribution in [3.05, 3.63) is 12.2 Å². The maximum absolute atomic E-state index is 12.9. The fourth-order valence-corrected chi connectivity index (χ4v) is 7.90. The number of amides is 1. The van der Waals surface area contributed by atoms with E-state index in [9.17, 15) is 19.4 Å². The predicted molar refractivity (Wildman–Crippen MR) is 240 cm³/mol. The van der Waals surface area contributed by atoms with Crippen molar-refractivity contribution >= 4 is 13.7 Å². The Hall–Kier alpha value is -0.760. The first-order valence-corrected chi connectivity index (χ1v) is 25.6. The normalized spacial score (nSPS) is 14.3. The minimum atomic E-state index is -4.33. The summed E-state index contributed by atoms with van der Waals surface area (Å²) < 4.78 is 23.6. The number of allylic oxidation sites excluding steroid dienone is 1. The lowest BCUT2D eigenvalue weighted by Crippen LogP contribution is -2.45. The van der Waals surface area contributed by atoms with Gasteiger partial charge in [-0.3, -0.25) is 13.8 Å². The highest BCUT2D eigenvalue weighted by atomic mass is 31.2. The molecule has 0 heterocycles. The highest BCUT2D eigenvalue weighted by Crippen LogP contribution is 2.43. The van der Waals surface area contributed by atoms with Crippen molar-refractivity contribution < 1.29 is 32.9 Å². The topological polar surface area (TPSA) is 105 Å². The van der Waals surface area contributed by atoms with Crippen LogP contribution in [-0.4, -0.2) is 73.4 Å². The van der Waals surface area contributed by atoms with Gasteiger partial charge in [-0.05, 0) is 19.3 Å². The van der Waals surface area contributed by atoms with Gasteiger partial charge in [0.15, 0.2) is 0 Å². The zero-order chi connectivity index (χ0) is 41.4. The zero-order valence-electron chi connectivity index (χ0n) is 37.9. The summed E-state index contributed by atoms with van der Waals surface area (Å²) in [5.74, 6) is -0.173. The Morgan fingerprint density at radius 3 is 1.32 bits per heavy atom. The SMILES string of the molecule is CCCCCCCCCCCCCC/C=C/C(O)C(COP(=O)(O)OCC[N+](C)(C)C)NC(=O)CCCCCCCCCCCCCCCCCCCCCC. The van der Waals surface area contributed by atoms with E-state index in [-0.39, 0.29) is 19.1 Å². The molecule has 334 valence electrons. The second-order valence-corrected chi connectivity index (χ2v) is 19.3. The summed E-state index contributed by atoms with van der Waals surface area (Å²) in [5, 5.41) is 13.8. The average Bonchev–Trinajstić information content (AvgIpc) is 3.15. The number of rotatable bonds is 44. The number of phosphoric ester groups is 1. The van der Waals surface area contributed by atoms with Gasteiger partial charge in [0.2, 0.25) is 5.91 Å². The van der Waals surface area contributed by atoms with Crippen molar-refractivity contribution in [3.8, 4) is 0 Å². The summed E-state index contributed by atoms with van der Waals surface area (Å²) in [6, 6.07) is -0.840. The van der Waals surface area contributed by atoms with Crippen LogP contribution in [-0.2, 0) is 18.4 Å². The van der Waals surface area contributed by atoms with Gasteiger partial charge in [0, 0.05) is 6.42 Å². The van der Waals surface area contributed by atoms with Crippen LogP contribution < -0.4 is 5.32 Å². The fourth-order valence-electron chi connectivity index (χ4n) is 7.16. The number of unbranched alkanes of at least 4 members (excludes halogenated alkanes) is 31. The van der Waals surface area contributed by atoms with Gasteiger partial charge < -0.3 is 19.8 Å². The molecule has 1 amide bonds. The molecule has 3 N–H and O–H groups in total. The first kappa shape index (κ1) is 55.2. The maximum atomic E-state index is 12.9. The highest BCUT2D eigenvalue weighted by Gasteiger charge is 2.27. The lowest BCUT2D eigenvalue weighted by Gasteiger charge is -2.25. The van der Waals surface area contributed by atoms with E-state index < -0.39 is 20.0 Å². The van der Waals surface area contributed by atoms with Crippen LogP contribution in [0.15, 0.2) is 12.2 Å².